The Morgan fingerprint density at radius 1 is 1.26 bits per heavy atom. The van der Waals surface area contributed by atoms with E-state index in [0.29, 0.717) is 31.2 Å². The van der Waals surface area contributed by atoms with Crippen molar-refractivity contribution in [2.45, 2.75) is 37.8 Å². The van der Waals surface area contributed by atoms with Crippen LogP contribution in [0.3, 0.4) is 0 Å². The molecule has 2 fully saturated rings. The van der Waals surface area contributed by atoms with Crippen LogP contribution in [-0.4, -0.2) is 56.4 Å². The molecular formula is C18H25F3IN3O2. The van der Waals surface area contributed by atoms with E-state index < -0.39 is 11.7 Å². The number of benzene rings is 1. The Hall–Kier alpha value is -1.07. The fourth-order valence-corrected chi connectivity index (χ4v) is 3.36. The minimum atomic E-state index is -4.34. The SMILES string of the molecule is CN=C(NCc1cccc(C(F)(F)F)c1)N1CCOC(C2CCCO2)C1.I. The number of guanidine groups is 1. The van der Waals surface area contributed by atoms with Gasteiger partial charge in [-0.1, -0.05) is 12.1 Å². The third kappa shape index (κ3) is 5.95. The van der Waals surface area contributed by atoms with Crippen molar-refractivity contribution in [3.05, 3.63) is 35.4 Å². The Morgan fingerprint density at radius 3 is 2.70 bits per heavy atom. The molecule has 2 aliphatic heterocycles. The van der Waals surface area contributed by atoms with Crippen LogP contribution in [0, 0.1) is 0 Å². The molecule has 2 unspecified atom stereocenters. The molecule has 2 atom stereocenters. The highest BCUT2D eigenvalue weighted by atomic mass is 127. The molecule has 2 saturated heterocycles. The first-order chi connectivity index (χ1) is 12.5. The normalized spacial score (nSPS) is 23.9. The van der Waals surface area contributed by atoms with Crippen LogP contribution >= 0.6 is 24.0 Å². The van der Waals surface area contributed by atoms with Gasteiger partial charge in [-0.3, -0.25) is 4.99 Å². The standard InChI is InChI=1S/C18H24F3N3O2.HI/c1-22-17(23-11-13-4-2-5-14(10-13)18(19,20)21)24-7-9-26-16(12-24)15-6-3-8-25-15;/h2,4-5,10,15-16H,3,6-9,11-12H2,1H3,(H,22,23);1H. The third-order valence-electron chi connectivity index (χ3n) is 4.69. The zero-order valence-electron chi connectivity index (χ0n) is 15.2. The molecule has 1 aromatic rings. The topological polar surface area (TPSA) is 46.1 Å². The summed E-state index contributed by atoms with van der Waals surface area (Å²) in [5.74, 6) is 0.661. The lowest BCUT2D eigenvalue weighted by atomic mass is 10.1. The Kier molecular flexibility index (Phi) is 8.17. The first kappa shape index (κ1) is 22.2. The number of morpholine rings is 1. The molecule has 2 heterocycles. The Bertz CT molecular complexity index is 637. The molecule has 0 radical (unpaired) electrons. The molecule has 0 amide bonds. The van der Waals surface area contributed by atoms with Crippen molar-refractivity contribution in [3.8, 4) is 0 Å². The van der Waals surface area contributed by atoms with E-state index in [0.717, 1.165) is 31.6 Å². The highest BCUT2D eigenvalue weighted by Crippen LogP contribution is 2.29. The summed E-state index contributed by atoms with van der Waals surface area (Å²) in [4.78, 5) is 6.34. The fraction of sp³-hybridized carbons (Fsp3) is 0.611. The predicted molar refractivity (Wildman–Crippen MR) is 107 cm³/mol. The minimum Gasteiger partial charge on any atom is -0.375 e. The lowest BCUT2D eigenvalue weighted by Gasteiger charge is -2.37. The van der Waals surface area contributed by atoms with Crippen LogP contribution in [0.1, 0.15) is 24.0 Å². The van der Waals surface area contributed by atoms with Crippen LogP contribution in [0.25, 0.3) is 0 Å². The summed E-state index contributed by atoms with van der Waals surface area (Å²) in [7, 11) is 1.67. The summed E-state index contributed by atoms with van der Waals surface area (Å²) in [6.45, 7) is 2.97. The molecule has 0 aliphatic carbocycles. The molecule has 152 valence electrons. The zero-order valence-corrected chi connectivity index (χ0v) is 17.5. The highest BCUT2D eigenvalue weighted by Gasteiger charge is 2.32. The van der Waals surface area contributed by atoms with E-state index >= 15 is 0 Å². The van der Waals surface area contributed by atoms with Crippen molar-refractivity contribution in [2.24, 2.45) is 4.99 Å². The van der Waals surface area contributed by atoms with Gasteiger partial charge >= 0.3 is 6.18 Å². The largest absolute Gasteiger partial charge is 0.416 e. The number of aliphatic imine (C=N–C) groups is 1. The molecular weight excluding hydrogens is 474 g/mol. The smallest absolute Gasteiger partial charge is 0.375 e. The molecule has 0 aromatic heterocycles. The van der Waals surface area contributed by atoms with Gasteiger partial charge in [-0.15, -0.1) is 24.0 Å². The number of ether oxygens (including phenoxy) is 2. The number of rotatable bonds is 3. The number of halogens is 4. The van der Waals surface area contributed by atoms with Gasteiger partial charge in [-0.25, -0.2) is 0 Å². The average Bonchev–Trinajstić information content (AvgIpc) is 3.17. The second-order valence-electron chi connectivity index (χ2n) is 6.51. The van der Waals surface area contributed by atoms with E-state index in [9.17, 15) is 13.2 Å². The van der Waals surface area contributed by atoms with Gasteiger partial charge in [0.15, 0.2) is 5.96 Å². The maximum absolute atomic E-state index is 12.8. The van der Waals surface area contributed by atoms with Gasteiger partial charge in [0.25, 0.3) is 0 Å². The molecule has 27 heavy (non-hydrogen) atoms. The third-order valence-corrected chi connectivity index (χ3v) is 4.69. The molecule has 0 spiro atoms. The lowest BCUT2D eigenvalue weighted by Crippen LogP contribution is -2.53. The van der Waals surface area contributed by atoms with Crippen LogP contribution < -0.4 is 5.32 Å². The summed E-state index contributed by atoms with van der Waals surface area (Å²) in [6, 6.07) is 5.33. The van der Waals surface area contributed by atoms with Gasteiger partial charge in [-0.05, 0) is 30.5 Å². The molecule has 1 N–H and O–H groups in total. The van der Waals surface area contributed by atoms with Crippen molar-refractivity contribution < 1.29 is 22.6 Å². The van der Waals surface area contributed by atoms with E-state index in [1.54, 1.807) is 13.1 Å². The summed E-state index contributed by atoms with van der Waals surface area (Å²) in [6.07, 6.45) is -2.18. The molecule has 1 aromatic carbocycles. The fourth-order valence-electron chi connectivity index (χ4n) is 3.36. The van der Waals surface area contributed by atoms with Crippen molar-refractivity contribution in [1.82, 2.24) is 10.2 Å². The molecule has 9 heteroatoms. The maximum atomic E-state index is 12.8. The van der Waals surface area contributed by atoms with Gasteiger partial charge in [0.1, 0.15) is 6.10 Å². The van der Waals surface area contributed by atoms with Crippen molar-refractivity contribution >= 4 is 29.9 Å². The monoisotopic (exact) mass is 499 g/mol. The van der Waals surface area contributed by atoms with Crippen LogP contribution in [0.4, 0.5) is 13.2 Å². The van der Waals surface area contributed by atoms with Crippen LogP contribution in [-0.2, 0) is 22.2 Å². The van der Waals surface area contributed by atoms with Gasteiger partial charge in [0, 0.05) is 33.3 Å². The highest BCUT2D eigenvalue weighted by molar-refractivity contribution is 14.0. The van der Waals surface area contributed by atoms with Crippen molar-refractivity contribution in [2.75, 3.05) is 33.4 Å². The van der Waals surface area contributed by atoms with Gasteiger partial charge in [0.2, 0.25) is 0 Å². The summed E-state index contributed by atoms with van der Waals surface area (Å²) >= 11 is 0. The molecule has 0 saturated carbocycles. The number of hydrogen-bond acceptors (Lipinski definition) is 3. The Labute approximate surface area is 174 Å². The van der Waals surface area contributed by atoms with Crippen LogP contribution in [0.2, 0.25) is 0 Å². The van der Waals surface area contributed by atoms with Crippen molar-refractivity contribution in [3.63, 3.8) is 0 Å². The van der Waals surface area contributed by atoms with E-state index in [2.05, 4.69) is 15.2 Å². The second-order valence-corrected chi connectivity index (χ2v) is 6.51. The Morgan fingerprint density at radius 2 is 2.04 bits per heavy atom. The predicted octanol–water partition coefficient (Wildman–Crippen LogP) is 3.28. The van der Waals surface area contributed by atoms with E-state index in [4.69, 9.17) is 9.47 Å². The molecule has 0 bridgehead atoms. The zero-order chi connectivity index (χ0) is 18.6. The maximum Gasteiger partial charge on any atom is 0.416 e. The number of hydrogen-bond donors (Lipinski definition) is 1. The molecule has 3 rings (SSSR count). The molecule has 2 aliphatic rings. The average molecular weight is 499 g/mol. The lowest BCUT2D eigenvalue weighted by molar-refractivity contribution is -0.137. The summed E-state index contributed by atoms with van der Waals surface area (Å²) in [5, 5.41) is 3.16. The quantitative estimate of drug-likeness (QED) is 0.394. The van der Waals surface area contributed by atoms with E-state index in [1.165, 1.54) is 6.07 Å². The minimum absolute atomic E-state index is 0. The number of nitrogens with zero attached hydrogens (tertiary/aromatic N) is 2. The second kappa shape index (κ2) is 9.92. The summed E-state index contributed by atoms with van der Waals surface area (Å²) in [5.41, 5.74) is -0.0819. The van der Waals surface area contributed by atoms with E-state index in [-0.39, 0.29) is 42.7 Å². The van der Waals surface area contributed by atoms with Crippen LogP contribution in [0.5, 0.6) is 0 Å². The van der Waals surface area contributed by atoms with Gasteiger partial charge < -0.3 is 19.7 Å². The first-order valence-electron chi connectivity index (χ1n) is 8.82. The Balaban J connectivity index is 0.00000261. The van der Waals surface area contributed by atoms with Gasteiger partial charge in [-0.2, -0.15) is 13.2 Å². The molecule has 5 nitrogen and oxygen atoms in total. The van der Waals surface area contributed by atoms with E-state index in [1.807, 2.05) is 0 Å². The number of nitrogens with one attached hydrogen (secondary N) is 1. The first-order valence-corrected chi connectivity index (χ1v) is 8.82. The van der Waals surface area contributed by atoms with Gasteiger partial charge in [0.05, 0.1) is 18.3 Å². The summed E-state index contributed by atoms with van der Waals surface area (Å²) < 4.78 is 50.0. The van der Waals surface area contributed by atoms with Crippen LogP contribution in [0.15, 0.2) is 29.3 Å². The number of alkyl halides is 3. The van der Waals surface area contributed by atoms with Crippen molar-refractivity contribution in [1.29, 1.82) is 0 Å².